The molecule has 0 saturated carbocycles. The Morgan fingerprint density at radius 3 is 2.50 bits per heavy atom. The van der Waals surface area contributed by atoms with Crippen molar-refractivity contribution in [2.45, 2.75) is 16.8 Å². The third-order valence-electron chi connectivity index (χ3n) is 2.35. The number of aromatic nitrogens is 2. The molecule has 0 spiro atoms. The summed E-state index contributed by atoms with van der Waals surface area (Å²) in [6.07, 6.45) is 0. The van der Waals surface area contributed by atoms with Gasteiger partial charge in [-0.2, -0.15) is 0 Å². The lowest BCUT2D eigenvalue weighted by molar-refractivity contribution is 0.414. The number of aryl methyl sites for hydroxylation is 1. The number of benzene rings is 1. The van der Waals surface area contributed by atoms with Crippen LogP contribution in [-0.4, -0.2) is 17.1 Å². The number of nitrogens with zero attached hydrogens (tertiary/aromatic N) is 2. The fourth-order valence-electron chi connectivity index (χ4n) is 1.36. The van der Waals surface area contributed by atoms with E-state index in [1.54, 1.807) is 14.0 Å². The molecule has 0 aliphatic rings. The number of nitrogen functional groups attached to an aromatic ring is 1. The Hall–Kier alpha value is -1.46. The zero-order chi connectivity index (χ0) is 13.1. The first-order valence-corrected chi connectivity index (χ1v) is 6.41. The number of rotatable bonds is 3. The predicted molar refractivity (Wildman–Crippen MR) is 73.3 cm³/mol. The summed E-state index contributed by atoms with van der Waals surface area (Å²) in [6.45, 7) is 1.81. The molecular weight excluding hydrogens is 270 g/mol. The second-order valence-electron chi connectivity index (χ2n) is 3.57. The van der Waals surface area contributed by atoms with Crippen LogP contribution in [0.4, 0.5) is 5.69 Å². The average Bonchev–Trinajstić information content (AvgIpc) is 2.36. The van der Waals surface area contributed by atoms with Gasteiger partial charge in [-0.1, -0.05) is 11.8 Å². The molecule has 94 valence electrons. The van der Waals surface area contributed by atoms with E-state index in [0.29, 0.717) is 16.4 Å². The highest BCUT2D eigenvalue weighted by Crippen LogP contribution is 2.32. The van der Waals surface area contributed by atoms with E-state index in [-0.39, 0.29) is 5.28 Å². The minimum atomic E-state index is 0.206. The zero-order valence-corrected chi connectivity index (χ0v) is 11.5. The largest absolute Gasteiger partial charge is 0.497 e. The van der Waals surface area contributed by atoms with E-state index in [4.69, 9.17) is 22.1 Å². The molecule has 18 heavy (non-hydrogen) atoms. The summed E-state index contributed by atoms with van der Waals surface area (Å²) in [5, 5.41) is 0.871. The van der Waals surface area contributed by atoms with Crippen LogP contribution in [0.2, 0.25) is 5.28 Å². The standard InChI is InChI=1S/C12H12ClN3OS/c1-7-10(14)11(16-12(13)15-7)18-9-5-3-8(17-2)4-6-9/h3-6H,14H2,1-2H3. The van der Waals surface area contributed by atoms with Crippen molar-refractivity contribution in [3.8, 4) is 5.75 Å². The van der Waals surface area contributed by atoms with Crippen LogP contribution in [0.1, 0.15) is 5.69 Å². The topological polar surface area (TPSA) is 61.0 Å². The van der Waals surface area contributed by atoms with Gasteiger partial charge >= 0.3 is 0 Å². The van der Waals surface area contributed by atoms with Gasteiger partial charge in [0.2, 0.25) is 5.28 Å². The van der Waals surface area contributed by atoms with Crippen molar-refractivity contribution >= 4 is 29.1 Å². The normalized spacial score (nSPS) is 10.4. The summed E-state index contributed by atoms with van der Waals surface area (Å²) in [4.78, 5) is 9.14. The highest BCUT2D eigenvalue weighted by Gasteiger charge is 2.09. The van der Waals surface area contributed by atoms with Gasteiger partial charge in [-0.05, 0) is 42.8 Å². The van der Waals surface area contributed by atoms with Crippen molar-refractivity contribution in [1.82, 2.24) is 9.97 Å². The number of hydrogen-bond donors (Lipinski definition) is 1. The lowest BCUT2D eigenvalue weighted by Crippen LogP contribution is -1.99. The molecule has 1 aromatic carbocycles. The maximum Gasteiger partial charge on any atom is 0.223 e. The highest BCUT2D eigenvalue weighted by atomic mass is 35.5. The third-order valence-corrected chi connectivity index (χ3v) is 3.53. The zero-order valence-electron chi connectivity index (χ0n) is 9.98. The van der Waals surface area contributed by atoms with E-state index in [9.17, 15) is 0 Å². The monoisotopic (exact) mass is 281 g/mol. The van der Waals surface area contributed by atoms with Gasteiger partial charge in [0.25, 0.3) is 0 Å². The fraction of sp³-hybridized carbons (Fsp3) is 0.167. The molecular formula is C12H12ClN3OS. The quantitative estimate of drug-likeness (QED) is 0.691. The highest BCUT2D eigenvalue weighted by molar-refractivity contribution is 7.99. The lowest BCUT2D eigenvalue weighted by Gasteiger charge is -2.07. The van der Waals surface area contributed by atoms with Crippen LogP contribution in [0.15, 0.2) is 34.2 Å². The molecule has 1 aromatic heterocycles. The SMILES string of the molecule is COc1ccc(Sc2nc(Cl)nc(C)c2N)cc1. The van der Waals surface area contributed by atoms with E-state index in [2.05, 4.69) is 9.97 Å². The molecule has 0 atom stereocenters. The summed E-state index contributed by atoms with van der Waals surface area (Å²) in [5.41, 5.74) is 7.17. The van der Waals surface area contributed by atoms with E-state index >= 15 is 0 Å². The number of nitrogens with two attached hydrogens (primary N) is 1. The van der Waals surface area contributed by atoms with E-state index in [0.717, 1.165) is 10.6 Å². The smallest absolute Gasteiger partial charge is 0.223 e. The van der Waals surface area contributed by atoms with Gasteiger partial charge in [0, 0.05) is 4.90 Å². The third kappa shape index (κ3) is 2.86. The van der Waals surface area contributed by atoms with E-state index in [1.807, 2.05) is 24.3 Å². The molecule has 0 unspecified atom stereocenters. The van der Waals surface area contributed by atoms with Gasteiger partial charge in [-0.25, -0.2) is 9.97 Å². The van der Waals surface area contributed by atoms with E-state index in [1.165, 1.54) is 11.8 Å². The van der Waals surface area contributed by atoms with Crippen LogP contribution < -0.4 is 10.5 Å². The van der Waals surface area contributed by atoms with Crippen molar-refractivity contribution in [3.63, 3.8) is 0 Å². The summed E-state index contributed by atoms with van der Waals surface area (Å²) in [5.74, 6) is 0.809. The molecule has 0 bridgehead atoms. The maximum absolute atomic E-state index is 5.93. The van der Waals surface area contributed by atoms with Crippen LogP contribution in [0.5, 0.6) is 5.75 Å². The summed E-state index contributed by atoms with van der Waals surface area (Å²) in [6, 6.07) is 7.64. The number of anilines is 1. The van der Waals surface area contributed by atoms with Gasteiger partial charge in [-0.15, -0.1) is 0 Å². The average molecular weight is 282 g/mol. The molecule has 0 aliphatic carbocycles. The van der Waals surface area contributed by atoms with Gasteiger partial charge < -0.3 is 10.5 Å². The molecule has 2 aromatic rings. The number of hydrogen-bond acceptors (Lipinski definition) is 5. The minimum Gasteiger partial charge on any atom is -0.497 e. The second kappa shape index (κ2) is 5.46. The molecule has 0 saturated heterocycles. The molecule has 0 amide bonds. The molecule has 1 heterocycles. The Morgan fingerprint density at radius 1 is 1.22 bits per heavy atom. The van der Waals surface area contributed by atoms with Crippen molar-refractivity contribution in [3.05, 3.63) is 35.2 Å². The minimum absolute atomic E-state index is 0.206. The maximum atomic E-state index is 5.93. The van der Waals surface area contributed by atoms with Gasteiger partial charge in [-0.3, -0.25) is 0 Å². The van der Waals surface area contributed by atoms with Crippen molar-refractivity contribution in [2.24, 2.45) is 0 Å². The van der Waals surface area contributed by atoms with Crippen molar-refractivity contribution in [2.75, 3.05) is 12.8 Å². The summed E-state index contributed by atoms with van der Waals surface area (Å²) in [7, 11) is 1.63. The summed E-state index contributed by atoms with van der Waals surface area (Å²) >= 11 is 7.27. The van der Waals surface area contributed by atoms with Crippen LogP contribution in [-0.2, 0) is 0 Å². The Kier molecular flexibility index (Phi) is 3.93. The van der Waals surface area contributed by atoms with Crippen LogP contribution in [0, 0.1) is 6.92 Å². The number of halogens is 1. The van der Waals surface area contributed by atoms with Crippen molar-refractivity contribution < 1.29 is 4.74 Å². The van der Waals surface area contributed by atoms with Crippen LogP contribution in [0.3, 0.4) is 0 Å². The van der Waals surface area contributed by atoms with Gasteiger partial charge in [0.15, 0.2) is 0 Å². The Bertz CT molecular complexity index is 560. The predicted octanol–water partition coefficient (Wildman–Crippen LogP) is 3.18. The molecule has 2 rings (SSSR count). The number of methoxy groups -OCH3 is 1. The molecule has 4 nitrogen and oxygen atoms in total. The number of ether oxygens (including phenoxy) is 1. The molecule has 0 aliphatic heterocycles. The Morgan fingerprint density at radius 2 is 1.89 bits per heavy atom. The molecule has 2 N–H and O–H groups in total. The van der Waals surface area contributed by atoms with E-state index < -0.39 is 0 Å². The Balaban J connectivity index is 2.27. The lowest BCUT2D eigenvalue weighted by atomic mass is 10.3. The Labute approximate surface area is 115 Å². The second-order valence-corrected chi connectivity index (χ2v) is 4.97. The van der Waals surface area contributed by atoms with Crippen molar-refractivity contribution in [1.29, 1.82) is 0 Å². The first-order chi connectivity index (χ1) is 8.60. The first kappa shape index (κ1) is 13.0. The molecule has 0 radical (unpaired) electrons. The van der Waals surface area contributed by atoms with Gasteiger partial charge in [0.05, 0.1) is 18.5 Å². The molecule has 0 fully saturated rings. The summed E-state index contributed by atoms with van der Waals surface area (Å²) < 4.78 is 5.10. The van der Waals surface area contributed by atoms with Crippen LogP contribution in [0.25, 0.3) is 0 Å². The molecule has 6 heteroatoms. The van der Waals surface area contributed by atoms with Crippen LogP contribution >= 0.6 is 23.4 Å². The fourth-order valence-corrected chi connectivity index (χ4v) is 2.50. The van der Waals surface area contributed by atoms with Gasteiger partial charge in [0.1, 0.15) is 10.8 Å². The first-order valence-electron chi connectivity index (χ1n) is 5.21.